The summed E-state index contributed by atoms with van der Waals surface area (Å²) in [5, 5.41) is 6.54. The van der Waals surface area contributed by atoms with Gasteiger partial charge in [0.05, 0.1) is 26.7 Å². The SMILES string of the molecule is O=C(NCC#Cc1cc2ncnc(Nc3ccc(OCc4cccc(F)c4)c(Cl)c3)c2s1)N1CCCC1. The molecule has 0 bridgehead atoms. The smallest absolute Gasteiger partial charge is 0.318 e. The summed E-state index contributed by atoms with van der Waals surface area (Å²) in [6, 6.07) is 13.4. The fraction of sp³-hybridized carbons (Fsp3) is 0.222. The number of fused-ring (bicyclic) bond motifs is 1. The largest absolute Gasteiger partial charge is 0.487 e. The Labute approximate surface area is 222 Å². The third kappa shape index (κ3) is 6.28. The van der Waals surface area contributed by atoms with Gasteiger partial charge in [-0.2, -0.15) is 0 Å². The number of amides is 2. The van der Waals surface area contributed by atoms with E-state index in [9.17, 15) is 9.18 Å². The molecule has 2 amide bonds. The number of halogens is 2. The van der Waals surface area contributed by atoms with Gasteiger partial charge in [-0.1, -0.05) is 35.6 Å². The Morgan fingerprint density at radius 3 is 2.84 bits per heavy atom. The second kappa shape index (κ2) is 11.5. The van der Waals surface area contributed by atoms with E-state index in [-0.39, 0.29) is 25.0 Å². The quantitative estimate of drug-likeness (QED) is 0.298. The maximum absolute atomic E-state index is 13.4. The highest BCUT2D eigenvalue weighted by Gasteiger charge is 2.16. The van der Waals surface area contributed by atoms with E-state index in [4.69, 9.17) is 16.3 Å². The van der Waals surface area contributed by atoms with Gasteiger partial charge in [0.25, 0.3) is 0 Å². The maximum Gasteiger partial charge on any atom is 0.318 e. The molecule has 0 spiro atoms. The number of urea groups is 1. The average Bonchev–Trinajstić information content (AvgIpc) is 3.57. The third-order valence-corrected chi connectivity index (χ3v) is 7.06. The molecular weight excluding hydrogens is 513 g/mol. The Balaban J connectivity index is 1.23. The summed E-state index contributed by atoms with van der Waals surface area (Å²) < 4.78 is 20.0. The van der Waals surface area contributed by atoms with Crippen LogP contribution in [-0.4, -0.2) is 40.5 Å². The normalized spacial score (nSPS) is 12.8. The van der Waals surface area contributed by atoms with Crippen LogP contribution >= 0.6 is 22.9 Å². The number of likely N-dealkylation sites (tertiary alicyclic amines) is 1. The molecular formula is C27H23ClFN5O2S. The van der Waals surface area contributed by atoms with Crippen molar-refractivity contribution in [3.63, 3.8) is 0 Å². The number of carbonyl (C=O) groups is 1. The molecule has 0 saturated carbocycles. The summed E-state index contributed by atoms with van der Waals surface area (Å²) in [6.45, 7) is 2.10. The molecule has 3 heterocycles. The fourth-order valence-corrected chi connectivity index (χ4v) is 5.07. The average molecular weight is 536 g/mol. The second-order valence-electron chi connectivity index (χ2n) is 8.39. The number of thiophene rings is 1. The lowest BCUT2D eigenvalue weighted by molar-refractivity contribution is 0.210. The lowest BCUT2D eigenvalue weighted by atomic mass is 10.2. The van der Waals surface area contributed by atoms with Gasteiger partial charge in [0.2, 0.25) is 0 Å². The summed E-state index contributed by atoms with van der Waals surface area (Å²) in [7, 11) is 0. The number of rotatable bonds is 6. The van der Waals surface area contributed by atoms with Crippen molar-refractivity contribution in [3.8, 4) is 17.6 Å². The molecule has 0 atom stereocenters. The van der Waals surface area contributed by atoms with Gasteiger partial charge in [-0.25, -0.2) is 19.2 Å². The van der Waals surface area contributed by atoms with E-state index in [1.165, 1.54) is 29.8 Å². The zero-order valence-electron chi connectivity index (χ0n) is 19.8. The van der Waals surface area contributed by atoms with E-state index >= 15 is 0 Å². The summed E-state index contributed by atoms with van der Waals surface area (Å²) >= 11 is 7.90. The van der Waals surface area contributed by atoms with Crippen molar-refractivity contribution in [1.82, 2.24) is 20.2 Å². The van der Waals surface area contributed by atoms with Gasteiger partial charge in [-0.05, 0) is 54.8 Å². The highest BCUT2D eigenvalue weighted by Crippen LogP contribution is 2.33. The molecule has 1 fully saturated rings. The van der Waals surface area contributed by atoms with Gasteiger partial charge in [0.1, 0.15) is 24.5 Å². The minimum atomic E-state index is -0.310. The van der Waals surface area contributed by atoms with E-state index < -0.39 is 0 Å². The Morgan fingerprint density at radius 2 is 2.03 bits per heavy atom. The molecule has 2 N–H and O–H groups in total. The van der Waals surface area contributed by atoms with E-state index in [1.54, 1.807) is 24.3 Å². The first kappa shape index (κ1) is 24.8. The van der Waals surface area contributed by atoms with E-state index in [0.29, 0.717) is 22.2 Å². The van der Waals surface area contributed by atoms with E-state index in [0.717, 1.165) is 46.7 Å². The number of nitrogens with one attached hydrogen (secondary N) is 2. The first-order chi connectivity index (χ1) is 18.0. The maximum atomic E-state index is 13.4. The summed E-state index contributed by atoms with van der Waals surface area (Å²) in [5.41, 5.74) is 2.22. The zero-order valence-corrected chi connectivity index (χ0v) is 21.3. The van der Waals surface area contributed by atoms with Crippen LogP contribution < -0.4 is 15.4 Å². The zero-order chi connectivity index (χ0) is 25.6. The van der Waals surface area contributed by atoms with Crippen LogP contribution in [0.15, 0.2) is 54.9 Å². The standard InChI is InChI=1S/C27H23ClFN5O2S/c28-22-14-20(8-9-24(22)36-16-18-5-3-6-19(29)13-18)33-26-25-23(31-17-32-26)15-21(37-25)7-4-10-30-27(35)34-11-1-2-12-34/h3,5-6,8-9,13-15,17H,1-2,10-12,16H2,(H,30,35)(H,31,32,33). The van der Waals surface area contributed by atoms with Crippen LogP contribution in [0.4, 0.5) is 20.7 Å². The van der Waals surface area contributed by atoms with Crippen molar-refractivity contribution in [2.75, 3.05) is 25.0 Å². The molecule has 1 saturated heterocycles. The fourth-order valence-electron chi connectivity index (χ4n) is 3.91. The Kier molecular flexibility index (Phi) is 7.68. The van der Waals surface area contributed by atoms with Gasteiger partial charge in [-0.15, -0.1) is 11.3 Å². The van der Waals surface area contributed by atoms with Crippen molar-refractivity contribution in [3.05, 3.63) is 76.1 Å². The van der Waals surface area contributed by atoms with Crippen LogP contribution in [0, 0.1) is 17.7 Å². The van der Waals surface area contributed by atoms with Crippen LogP contribution in [0.1, 0.15) is 23.3 Å². The second-order valence-corrected chi connectivity index (χ2v) is 9.85. The topological polar surface area (TPSA) is 79.4 Å². The van der Waals surface area contributed by atoms with Gasteiger partial charge in [-0.3, -0.25) is 0 Å². The number of nitrogens with zero attached hydrogens (tertiary/aromatic N) is 3. The highest BCUT2D eigenvalue weighted by molar-refractivity contribution is 7.20. The lowest BCUT2D eigenvalue weighted by Crippen LogP contribution is -2.38. The molecule has 1 aliphatic heterocycles. The summed E-state index contributed by atoms with van der Waals surface area (Å²) in [5.74, 6) is 6.92. The van der Waals surface area contributed by atoms with Gasteiger partial charge >= 0.3 is 6.03 Å². The molecule has 5 rings (SSSR count). The predicted octanol–water partition coefficient (Wildman–Crippen LogP) is 5.96. The minimum absolute atomic E-state index is 0.0652. The van der Waals surface area contributed by atoms with Crippen LogP contribution in [0.5, 0.6) is 5.75 Å². The minimum Gasteiger partial charge on any atom is -0.487 e. The highest BCUT2D eigenvalue weighted by atomic mass is 35.5. The van der Waals surface area contributed by atoms with Gasteiger partial charge in [0, 0.05) is 18.8 Å². The van der Waals surface area contributed by atoms with Crippen LogP contribution in [-0.2, 0) is 6.61 Å². The summed E-state index contributed by atoms with van der Waals surface area (Å²) in [4.78, 5) is 23.4. The van der Waals surface area contributed by atoms with Crippen molar-refractivity contribution in [2.24, 2.45) is 0 Å². The number of aromatic nitrogens is 2. The molecule has 0 radical (unpaired) electrons. The molecule has 188 valence electrons. The van der Waals surface area contributed by atoms with E-state index in [2.05, 4.69) is 32.4 Å². The van der Waals surface area contributed by atoms with Crippen molar-refractivity contribution >= 4 is 50.7 Å². The number of anilines is 2. The Hall–Kier alpha value is -3.87. The van der Waals surface area contributed by atoms with Crippen LogP contribution in [0.25, 0.3) is 10.2 Å². The van der Waals surface area contributed by atoms with Crippen LogP contribution in [0.2, 0.25) is 5.02 Å². The molecule has 2 aromatic heterocycles. The van der Waals surface area contributed by atoms with Crippen molar-refractivity contribution < 1.29 is 13.9 Å². The Bertz CT molecular complexity index is 1490. The molecule has 0 unspecified atom stereocenters. The summed E-state index contributed by atoms with van der Waals surface area (Å²) in [6.07, 6.45) is 3.60. The molecule has 2 aromatic carbocycles. The molecule has 0 aliphatic carbocycles. The first-order valence-electron chi connectivity index (χ1n) is 11.8. The third-order valence-electron chi connectivity index (χ3n) is 5.72. The number of hydrogen-bond acceptors (Lipinski definition) is 6. The number of carbonyl (C=O) groups excluding carboxylic acids is 1. The number of ether oxygens (including phenoxy) is 1. The first-order valence-corrected chi connectivity index (χ1v) is 12.9. The Morgan fingerprint density at radius 1 is 1.16 bits per heavy atom. The molecule has 1 aliphatic rings. The van der Waals surface area contributed by atoms with Crippen molar-refractivity contribution in [2.45, 2.75) is 19.4 Å². The van der Waals surface area contributed by atoms with Crippen LogP contribution in [0.3, 0.4) is 0 Å². The molecule has 4 aromatic rings. The molecule has 37 heavy (non-hydrogen) atoms. The van der Waals surface area contributed by atoms with E-state index in [1.807, 2.05) is 17.0 Å². The molecule has 10 heteroatoms. The van der Waals surface area contributed by atoms with Crippen molar-refractivity contribution in [1.29, 1.82) is 0 Å². The predicted molar refractivity (Wildman–Crippen MR) is 144 cm³/mol. The monoisotopic (exact) mass is 535 g/mol. The lowest BCUT2D eigenvalue weighted by Gasteiger charge is -2.14. The van der Waals surface area contributed by atoms with Gasteiger partial charge in [0.15, 0.2) is 5.82 Å². The van der Waals surface area contributed by atoms with Gasteiger partial charge < -0.3 is 20.3 Å². The number of benzene rings is 2. The molecule has 7 nitrogen and oxygen atoms in total. The number of hydrogen-bond donors (Lipinski definition) is 2.